The molecule has 1 saturated heterocycles. The average Bonchev–Trinajstić information content (AvgIpc) is 2.45. The Hall–Kier alpha value is 0.0500. The van der Waals surface area contributed by atoms with Crippen LogP contribution in [0.3, 0.4) is 0 Å². The first-order valence-electron chi connectivity index (χ1n) is 3.76. The predicted octanol–water partition coefficient (Wildman–Crippen LogP) is -0.893. The van der Waals surface area contributed by atoms with Crippen LogP contribution in [0.2, 0.25) is 0 Å². The molecular weight excluding hydrogens is 233 g/mol. The molecule has 0 aromatic carbocycles. The Balaban J connectivity index is 2.39. The minimum atomic E-state index is -3.64. The van der Waals surface area contributed by atoms with Gasteiger partial charge in [-0.1, -0.05) is 0 Å². The smallest absolute Gasteiger partial charge is 0.345 e. The van der Waals surface area contributed by atoms with Crippen LogP contribution in [0.15, 0.2) is 4.95 Å². The van der Waals surface area contributed by atoms with E-state index in [2.05, 4.69) is 21.3 Å². The first-order valence-corrected chi connectivity index (χ1v) is 6.39. The van der Waals surface area contributed by atoms with E-state index >= 15 is 0 Å². The van der Waals surface area contributed by atoms with Crippen molar-refractivity contribution < 1.29 is 24.4 Å². The van der Waals surface area contributed by atoms with E-state index in [0.29, 0.717) is 0 Å². The summed E-state index contributed by atoms with van der Waals surface area (Å²) in [6.45, 7) is -3.92. The van der Waals surface area contributed by atoms with Crippen LogP contribution < -0.4 is 0 Å². The number of hydrogen-bond acceptors (Lipinski definition) is 6. The van der Waals surface area contributed by atoms with Gasteiger partial charge in [-0.15, -0.1) is 4.91 Å². The Kier molecular flexibility index (Phi) is 4.08. The largest absolute Gasteiger partial charge is 0.388 e. The molecule has 3 N–H and O–H groups in total. The molecule has 1 aliphatic heterocycles. The second kappa shape index (κ2) is 4.71. The van der Waals surface area contributed by atoms with E-state index in [-0.39, 0.29) is 13.2 Å². The van der Waals surface area contributed by atoms with Gasteiger partial charge >= 0.3 is 6.64 Å². The van der Waals surface area contributed by atoms with Crippen LogP contribution in [0.25, 0.3) is 0 Å². The summed E-state index contributed by atoms with van der Waals surface area (Å²) in [5.41, 5.74) is 0. The molecule has 7 nitrogen and oxygen atoms in total. The summed E-state index contributed by atoms with van der Waals surface area (Å²) in [5.74, 6) is 0. The molecule has 0 aromatic rings. The fourth-order valence-electron chi connectivity index (χ4n) is 1.01. The molecule has 1 fully saturated rings. The molecule has 14 heavy (non-hydrogen) atoms. The minimum absolute atomic E-state index is 0.0159. The summed E-state index contributed by atoms with van der Waals surface area (Å²) in [5, 5.41) is 18.3. The van der Waals surface area contributed by atoms with Gasteiger partial charge in [-0.25, -0.2) is 0 Å². The number of ether oxygens (including phenoxy) is 1. The Morgan fingerprint density at radius 1 is 1.64 bits per heavy atom. The summed E-state index contributed by atoms with van der Waals surface area (Å²) in [4.78, 5) is 21.1. The van der Waals surface area contributed by atoms with Gasteiger partial charge in [0.1, 0.15) is 18.3 Å². The van der Waals surface area contributed by atoms with Gasteiger partial charge in [0.15, 0.2) is 0 Å². The number of aliphatic hydroxyl groups is 2. The molecule has 0 amide bonds. The third kappa shape index (κ3) is 3.03. The van der Waals surface area contributed by atoms with Gasteiger partial charge < -0.3 is 24.4 Å². The highest BCUT2D eigenvalue weighted by atomic mass is 32.5. The monoisotopic (exact) mass is 243 g/mol. The summed E-state index contributed by atoms with van der Waals surface area (Å²) < 4.78 is 9.50. The Labute approximate surface area is 84.8 Å². The topological polar surface area (TPSA) is 109 Å². The molecule has 0 radical (unpaired) electrons. The summed E-state index contributed by atoms with van der Waals surface area (Å²) in [7, 11) is 0. The minimum Gasteiger partial charge on any atom is -0.388 e. The van der Waals surface area contributed by atoms with Crippen molar-refractivity contribution in [2.24, 2.45) is 4.95 Å². The average molecular weight is 243 g/mol. The third-order valence-electron chi connectivity index (χ3n) is 1.77. The lowest BCUT2D eigenvalue weighted by Crippen LogP contribution is -2.32. The highest BCUT2D eigenvalue weighted by Crippen LogP contribution is 2.43. The normalized spacial score (nSPS) is 36.6. The first-order chi connectivity index (χ1) is 6.46. The number of aliphatic hydroxyl groups excluding tert-OH is 2. The van der Waals surface area contributed by atoms with Crippen LogP contribution in [0.1, 0.15) is 0 Å². The molecular formula is C5H10NO6PS. The lowest BCUT2D eigenvalue weighted by Gasteiger charge is -2.15. The van der Waals surface area contributed by atoms with Crippen LogP contribution in [0.5, 0.6) is 0 Å². The Morgan fingerprint density at radius 3 is 2.71 bits per heavy atom. The molecule has 0 aromatic heterocycles. The summed E-state index contributed by atoms with van der Waals surface area (Å²) in [6, 6.07) is 0. The molecule has 0 saturated carbocycles. The SMILES string of the molecule is O=NP(O)(=S)OC[C@H]1OC[C@H](O)[C@@H]1O. The molecule has 1 aliphatic rings. The van der Waals surface area contributed by atoms with Gasteiger partial charge in [0.25, 0.3) is 0 Å². The van der Waals surface area contributed by atoms with Gasteiger partial charge in [0, 0.05) is 4.95 Å². The van der Waals surface area contributed by atoms with E-state index in [9.17, 15) is 10.0 Å². The van der Waals surface area contributed by atoms with Crippen molar-refractivity contribution in [3.05, 3.63) is 4.91 Å². The van der Waals surface area contributed by atoms with Crippen molar-refractivity contribution in [1.29, 1.82) is 0 Å². The van der Waals surface area contributed by atoms with Crippen molar-refractivity contribution in [1.82, 2.24) is 0 Å². The standard InChI is InChI=1S/C5H10NO6PS/c7-3-1-11-4(5(3)8)2-12-13(10,14)6-9/h3-5,7-8H,1-2H2,(H,10,14)/t3-,4+,5-,13?/m0/s1. The van der Waals surface area contributed by atoms with Crippen molar-refractivity contribution in [2.75, 3.05) is 13.2 Å². The number of nitroso groups, excluding NO2 is 1. The molecule has 1 unspecified atom stereocenters. The third-order valence-corrected chi connectivity index (χ3v) is 2.97. The summed E-state index contributed by atoms with van der Waals surface area (Å²) in [6.07, 6.45) is -2.87. The van der Waals surface area contributed by atoms with Crippen LogP contribution in [0, 0.1) is 4.91 Å². The predicted molar refractivity (Wildman–Crippen MR) is 50.0 cm³/mol. The van der Waals surface area contributed by atoms with E-state index in [1.165, 1.54) is 0 Å². The molecule has 0 bridgehead atoms. The van der Waals surface area contributed by atoms with Gasteiger partial charge in [-0.2, -0.15) is 0 Å². The maximum atomic E-state index is 9.94. The molecule has 9 heteroatoms. The first kappa shape index (κ1) is 12.1. The molecule has 4 atom stereocenters. The lowest BCUT2D eigenvalue weighted by molar-refractivity contribution is 0.000107. The zero-order chi connectivity index (χ0) is 10.8. The van der Waals surface area contributed by atoms with Crippen LogP contribution >= 0.6 is 6.64 Å². The summed E-state index contributed by atoms with van der Waals surface area (Å²) >= 11 is 4.31. The second-order valence-corrected chi connectivity index (χ2v) is 5.63. The Morgan fingerprint density at radius 2 is 2.29 bits per heavy atom. The second-order valence-electron chi connectivity index (χ2n) is 2.80. The van der Waals surface area contributed by atoms with Crippen LogP contribution in [-0.4, -0.2) is 46.6 Å². The van der Waals surface area contributed by atoms with E-state index in [1.54, 1.807) is 0 Å². The maximum absolute atomic E-state index is 9.94. The zero-order valence-electron chi connectivity index (χ0n) is 7.02. The molecule has 1 rings (SSSR count). The van der Waals surface area contributed by atoms with Crippen LogP contribution in [-0.2, 0) is 21.1 Å². The highest BCUT2D eigenvalue weighted by Gasteiger charge is 2.35. The maximum Gasteiger partial charge on any atom is 0.345 e. The molecule has 1 heterocycles. The molecule has 82 valence electrons. The molecule has 0 aliphatic carbocycles. The van der Waals surface area contributed by atoms with Crippen molar-refractivity contribution in [3.8, 4) is 0 Å². The van der Waals surface area contributed by atoms with Crippen LogP contribution in [0.4, 0.5) is 0 Å². The van der Waals surface area contributed by atoms with Crippen molar-refractivity contribution in [2.45, 2.75) is 18.3 Å². The number of nitrogens with zero attached hydrogens (tertiary/aromatic N) is 1. The fraction of sp³-hybridized carbons (Fsp3) is 1.00. The van der Waals surface area contributed by atoms with Gasteiger partial charge in [0.2, 0.25) is 0 Å². The molecule has 0 spiro atoms. The van der Waals surface area contributed by atoms with E-state index < -0.39 is 25.0 Å². The van der Waals surface area contributed by atoms with Gasteiger partial charge in [-0.3, -0.25) is 0 Å². The van der Waals surface area contributed by atoms with E-state index in [0.717, 1.165) is 0 Å². The van der Waals surface area contributed by atoms with Gasteiger partial charge in [0.05, 0.1) is 13.2 Å². The van der Waals surface area contributed by atoms with E-state index in [1.807, 2.05) is 0 Å². The van der Waals surface area contributed by atoms with Crippen molar-refractivity contribution >= 4 is 18.4 Å². The lowest BCUT2D eigenvalue weighted by atomic mass is 10.2. The Bertz CT molecular complexity index is 263. The quantitative estimate of drug-likeness (QED) is 0.434. The fourth-order valence-corrected chi connectivity index (χ4v) is 1.58. The van der Waals surface area contributed by atoms with Crippen molar-refractivity contribution in [3.63, 3.8) is 0 Å². The highest BCUT2D eigenvalue weighted by molar-refractivity contribution is 8.08. The number of rotatable bonds is 4. The number of hydrogen-bond donors (Lipinski definition) is 3. The zero-order valence-corrected chi connectivity index (χ0v) is 8.73. The van der Waals surface area contributed by atoms with Gasteiger partial charge in [-0.05, 0) is 11.8 Å². The van der Waals surface area contributed by atoms with E-state index in [4.69, 9.17) is 14.7 Å².